The van der Waals surface area contributed by atoms with E-state index < -0.39 is 29.6 Å². The van der Waals surface area contributed by atoms with Gasteiger partial charge in [-0.25, -0.2) is 9.97 Å². The van der Waals surface area contributed by atoms with Gasteiger partial charge in [-0.15, -0.1) is 0 Å². The van der Waals surface area contributed by atoms with Gasteiger partial charge in [0.05, 0.1) is 6.42 Å². The molecule has 1 aromatic heterocycles. The van der Waals surface area contributed by atoms with Crippen LogP contribution >= 0.6 is 0 Å². The van der Waals surface area contributed by atoms with E-state index in [2.05, 4.69) is 9.97 Å². The second-order valence-electron chi connectivity index (χ2n) is 4.24. The Hall–Kier alpha value is -2.19. The van der Waals surface area contributed by atoms with Crippen LogP contribution in [0.25, 0.3) is 0 Å². The van der Waals surface area contributed by atoms with Crippen LogP contribution in [-0.2, 0) is 11.0 Å². The standard InChI is InChI=1S/C12H14F3N3O3/c1-3-18(5-4-9(19)20)10(21)8-6-7(2)16-11(17-8)12(13,14)15/h6H,3-5H2,1-2H3,(H,19,20). The number of carboxylic acids is 1. The summed E-state index contributed by atoms with van der Waals surface area (Å²) >= 11 is 0. The minimum atomic E-state index is -4.75. The van der Waals surface area contributed by atoms with Gasteiger partial charge in [-0.3, -0.25) is 9.59 Å². The van der Waals surface area contributed by atoms with Crippen molar-refractivity contribution in [3.63, 3.8) is 0 Å². The molecule has 0 spiro atoms. The molecular weight excluding hydrogens is 291 g/mol. The average molecular weight is 305 g/mol. The molecule has 1 amide bonds. The van der Waals surface area contributed by atoms with Crippen molar-refractivity contribution in [1.82, 2.24) is 14.9 Å². The Morgan fingerprint density at radius 2 is 1.95 bits per heavy atom. The lowest BCUT2D eigenvalue weighted by molar-refractivity contribution is -0.145. The molecule has 116 valence electrons. The van der Waals surface area contributed by atoms with Gasteiger partial charge in [0.15, 0.2) is 0 Å². The number of rotatable bonds is 5. The topological polar surface area (TPSA) is 83.4 Å². The van der Waals surface area contributed by atoms with Crippen molar-refractivity contribution in [3.05, 3.63) is 23.3 Å². The molecule has 9 heteroatoms. The van der Waals surface area contributed by atoms with E-state index in [1.165, 1.54) is 6.92 Å². The second-order valence-corrected chi connectivity index (χ2v) is 4.24. The molecule has 1 heterocycles. The lowest BCUT2D eigenvalue weighted by Gasteiger charge is -2.20. The maximum absolute atomic E-state index is 12.6. The van der Waals surface area contributed by atoms with Gasteiger partial charge in [-0.2, -0.15) is 13.2 Å². The number of aliphatic carboxylic acids is 1. The molecule has 0 saturated carbocycles. The number of carboxylic acid groups (broad SMARTS) is 1. The summed E-state index contributed by atoms with van der Waals surface area (Å²) in [6, 6.07) is 1.14. The minimum Gasteiger partial charge on any atom is -0.481 e. The van der Waals surface area contributed by atoms with Crippen LogP contribution in [0, 0.1) is 6.92 Å². The zero-order valence-corrected chi connectivity index (χ0v) is 11.4. The molecule has 0 aliphatic heterocycles. The molecule has 0 aliphatic carbocycles. The maximum atomic E-state index is 12.6. The van der Waals surface area contributed by atoms with Crippen LogP contribution in [0.5, 0.6) is 0 Å². The molecule has 21 heavy (non-hydrogen) atoms. The van der Waals surface area contributed by atoms with Crippen LogP contribution in [0.15, 0.2) is 6.07 Å². The van der Waals surface area contributed by atoms with Gasteiger partial charge in [0.1, 0.15) is 5.69 Å². The molecule has 1 aromatic rings. The zero-order valence-electron chi connectivity index (χ0n) is 11.4. The summed E-state index contributed by atoms with van der Waals surface area (Å²) in [7, 11) is 0. The van der Waals surface area contributed by atoms with Crippen molar-refractivity contribution < 1.29 is 27.9 Å². The summed E-state index contributed by atoms with van der Waals surface area (Å²) in [6.45, 7) is 2.98. The minimum absolute atomic E-state index is 0.00922. The predicted molar refractivity (Wildman–Crippen MR) is 65.6 cm³/mol. The molecule has 1 N–H and O–H groups in total. The van der Waals surface area contributed by atoms with Crippen molar-refractivity contribution >= 4 is 11.9 Å². The first kappa shape index (κ1) is 16.9. The Balaban J connectivity index is 3.05. The fraction of sp³-hybridized carbons (Fsp3) is 0.500. The van der Waals surface area contributed by atoms with Crippen molar-refractivity contribution in [2.45, 2.75) is 26.4 Å². The van der Waals surface area contributed by atoms with Gasteiger partial charge in [0.25, 0.3) is 5.91 Å². The molecule has 0 aliphatic rings. The Morgan fingerprint density at radius 3 is 2.43 bits per heavy atom. The number of halogens is 3. The molecule has 0 radical (unpaired) electrons. The number of hydrogen-bond acceptors (Lipinski definition) is 4. The van der Waals surface area contributed by atoms with E-state index in [9.17, 15) is 22.8 Å². The fourth-order valence-electron chi connectivity index (χ4n) is 1.60. The molecular formula is C12H14F3N3O3. The fourth-order valence-corrected chi connectivity index (χ4v) is 1.60. The zero-order chi connectivity index (χ0) is 16.2. The highest BCUT2D eigenvalue weighted by Gasteiger charge is 2.36. The highest BCUT2D eigenvalue weighted by atomic mass is 19.4. The number of amides is 1. The maximum Gasteiger partial charge on any atom is 0.451 e. The van der Waals surface area contributed by atoms with Gasteiger partial charge >= 0.3 is 12.1 Å². The normalized spacial score (nSPS) is 11.3. The van der Waals surface area contributed by atoms with Crippen molar-refractivity contribution in [2.24, 2.45) is 0 Å². The number of hydrogen-bond donors (Lipinski definition) is 1. The van der Waals surface area contributed by atoms with Crippen molar-refractivity contribution in [3.8, 4) is 0 Å². The second kappa shape index (κ2) is 6.51. The number of nitrogens with zero attached hydrogens (tertiary/aromatic N) is 3. The van der Waals surface area contributed by atoms with E-state index in [4.69, 9.17) is 5.11 Å². The SMILES string of the molecule is CCN(CCC(=O)O)C(=O)c1cc(C)nc(C(F)(F)F)n1. The van der Waals surface area contributed by atoms with E-state index in [1.807, 2.05) is 0 Å². The van der Waals surface area contributed by atoms with E-state index in [0.717, 1.165) is 11.0 Å². The number of alkyl halides is 3. The van der Waals surface area contributed by atoms with Gasteiger partial charge < -0.3 is 10.0 Å². The summed E-state index contributed by atoms with van der Waals surface area (Å²) in [5, 5.41) is 8.59. The van der Waals surface area contributed by atoms with Crippen LogP contribution in [0.2, 0.25) is 0 Å². The van der Waals surface area contributed by atoms with Crippen molar-refractivity contribution in [2.75, 3.05) is 13.1 Å². The van der Waals surface area contributed by atoms with E-state index in [1.54, 1.807) is 6.92 Å². The highest BCUT2D eigenvalue weighted by molar-refractivity contribution is 5.92. The Kier molecular flexibility index (Phi) is 5.23. The molecule has 6 nitrogen and oxygen atoms in total. The quantitative estimate of drug-likeness (QED) is 0.896. The van der Waals surface area contributed by atoms with Crippen LogP contribution in [-0.4, -0.2) is 44.9 Å². The summed E-state index contributed by atoms with van der Waals surface area (Å²) < 4.78 is 37.9. The lowest BCUT2D eigenvalue weighted by Crippen LogP contribution is -2.34. The molecule has 0 atom stereocenters. The molecule has 0 bridgehead atoms. The first-order chi connectivity index (χ1) is 9.65. The van der Waals surface area contributed by atoms with Gasteiger partial charge in [-0.1, -0.05) is 0 Å². The summed E-state index contributed by atoms with van der Waals surface area (Å²) in [4.78, 5) is 30.2. The third kappa shape index (κ3) is 4.69. The van der Waals surface area contributed by atoms with E-state index >= 15 is 0 Å². The predicted octanol–water partition coefficient (Wildman–Crippen LogP) is 1.74. The molecule has 1 rings (SSSR count). The average Bonchev–Trinajstić information content (AvgIpc) is 2.37. The Morgan fingerprint density at radius 1 is 1.33 bits per heavy atom. The number of carbonyl (C=O) groups excluding carboxylic acids is 1. The number of carbonyl (C=O) groups is 2. The van der Waals surface area contributed by atoms with Crippen molar-refractivity contribution in [1.29, 1.82) is 0 Å². The summed E-state index contributed by atoms with van der Waals surface area (Å²) in [5.41, 5.74) is -0.392. The van der Waals surface area contributed by atoms with E-state index in [-0.39, 0.29) is 25.2 Å². The van der Waals surface area contributed by atoms with Crippen LogP contribution < -0.4 is 0 Å². The van der Waals surface area contributed by atoms with Gasteiger partial charge in [-0.05, 0) is 19.9 Å². The molecule has 0 unspecified atom stereocenters. The van der Waals surface area contributed by atoms with E-state index in [0.29, 0.717) is 0 Å². The summed E-state index contributed by atoms with van der Waals surface area (Å²) in [5.74, 6) is -3.24. The highest BCUT2D eigenvalue weighted by Crippen LogP contribution is 2.26. The molecule has 0 aromatic carbocycles. The van der Waals surface area contributed by atoms with Gasteiger partial charge in [0, 0.05) is 18.8 Å². The number of aryl methyl sites for hydroxylation is 1. The first-order valence-corrected chi connectivity index (χ1v) is 6.09. The van der Waals surface area contributed by atoms with Gasteiger partial charge in [0.2, 0.25) is 5.82 Å². The Labute approximate surface area is 118 Å². The third-order valence-corrected chi connectivity index (χ3v) is 2.59. The smallest absolute Gasteiger partial charge is 0.451 e. The van der Waals surface area contributed by atoms with Crippen LogP contribution in [0.3, 0.4) is 0 Å². The number of aromatic nitrogens is 2. The molecule has 0 saturated heterocycles. The van der Waals surface area contributed by atoms with Crippen LogP contribution in [0.1, 0.15) is 35.4 Å². The third-order valence-electron chi connectivity index (χ3n) is 2.59. The molecule has 0 fully saturated rings. The Bertz CT molecular complexity index is 546. The van der Waals surface area contributed by atoms with Crippen LogP contribution in [0.4, 0.5) is 13.2 Å². The largest absolute Gasteiger partial charge is 0.481 e. The monoisotopic (exact) mass is 305 g/mol. The summed E-state index contributed by atoms with van der Waals surface area (Å²) in [6.07, 6.45) is -5.05. The first-order valence-electron chi connectivity index (χ1n) is 6.09. The lowest BCUT2D eigenvalue weighted by atomic mass is 10.2.